The van der Waals surface area contributed by atoms with Crippen LogP contribution in [-0.4, -0.2) is 40.0 Å². The lowest BCUT2D eigenvalue weighted by Crippen LogP contribution is -2.44. The first-order valence-corrected chi connectivity index (χ1v) is 8.49. The van der Waals surface area contributed by atoms with Gasteiger partial charge in [0.25, 0.3) is 5.91 Å². The number of likely N-dealkylation sites (tertiary alicyclic amines) is 1. The first kappa shape index (κ1) is 15.0. The van der Waals surface area contributed by atoms with Crippen molar-refractivity contribution >= 4 is 17.2 Å². The Kier molecular flexibility index (Phi) is 4.68. The molecule has 1 aliphatic heterocycles. The first-order chi connectivity index (χ1) is 10.8. The summed E-state index contributed by atoms with van der Waals surface area (Å²) in [6, 6.07) is 2.26. The topological polar surface area (TPSA) is 55.3 Å². The molecule has 3 heterocycles. The Balaban J connectivity index is 1.61. The lowest BCUT2D eigenvalue weighted by atomic mass is 10.1. The summed E-state index contributed by atoms with van der Waals surface area (Å²) in [6.07, 6.45) is 6.31. The first-order valence-electron chi connectivity index (χ1n) is 7.55. The zero-order chi connectivity index (χ0) is 15.4. The standard InChI is InChI=1S/C16H19N3O2S/c1-2-12-8-17-16(18-9-12)21-14-4-3-6-19(10-14)15(20)13-5-7-22-11-13/h5,7-9,11,14H,2-4,6,10H2,1H3. The van der Waals surface area contributed by atoms with E-state index in [0.29, 0.717) is 12.6 Å². The molecule has 0 spiro atoms. The second-order valence-corrected chi connectivity index (χ2v) is 6.15. The van der Waals surface area contributed by atoms with Crippen molar-refractivity contribution in [2.45, 2.75) is 32.3 Å². The predicted molar refractivity (Wildman–Crippen MR) is 85.3 cm³/mol. The summed E-state index contributed by atoms with van der Waals surface area (Å²) in [5, 5.41) is 3.81. The Morgan fingerprint density at radius 3 is 2.95 bits per heavy atom. The van der Waals surface area contributed by atoms with E-state index in [4.69, 9.17) is 4.74 Å². The van der Waals surface area contributed by atoms with E-state index in [0.717, 1.165) is 36.9 Å². The van der Waals surface area contributed by atoms with Gasteiger partial charge in [0.1, 0.15) is 6.10 Å². The molecular weight excluding hydrogens is 298 g/mol. The average molecular weight is 317 g/mol. The number of nitrogens with zero attached hydrogens (tertiary/aromatic N) is 3. The van der Waals surface area contributed by atoms with Crippen molar-refractivity contribution < 1.29 is 9.53 Å². The molecule has 1 atom stereocenters. The van der Waals surface area contributed by atoms with Gasteiger partial charge in [-0.3, -0.25) is 4.79 Å². The van der Waals surface area contributed by atoms with Crippen LogP contribution in [0.25, 0.3) is 0 Å². The molecule has 22 heavy (non-hydrogen) atoms. The van der Waals surface area contributed by atoms with Crippen molar-refractivity contribution in [2.24, 2.45) is 0 Å². The van der Waals surface area contributed by atoms with Crippen molar-refractivity contribution in [3.8, 4) is 6.01 Å². The summed E-state index contributed by atoms with van der Waals surface area (Å²) in [4.78, 5) is 22.7. The zero-order valence-corrected chi connectivity index (χ0v) is 13.4. The van der Waals surface area contributed by atoms with Gasteiger partial charge >= 0.3 is 6.01 Å². The van der Waals surface area contributed by atoms with E-state index < -0.39 is 0 Å². The van der Waals surface area contributed by atoms with Crippen LogP contribution in [0.5, 0.6) is 6.01 Å². The summed E-state index contributed by atoms with van der Waals surface area (Å²) in [6.45, 7) is 3.44. The summed E-state index contributed by atoms with van der Waals surface area (Å²) < 4.78 is 5.84. The van der Waals surface area contributed by atoms with E-state index in [1.165, 1.54) is 0 Å². The molecule has 2 aromatic heterocycles. The molecule has 0 aliphatic carbocycles. The zero-order valence-electron chi connectivity index (χ0n) is 12.6. The molecule has 0 aromatic carbocycles. The van der Waals surface area contributed by atoms with Gasteiger partial charge in [-0.1, -0.05) is 6.92 Å². The normalized spacial score (nSPS) is 18.2. The Labute approximate surface area is 134 Å². The molecule has 1 aliphatic rings. The Morgan fingerprint density at radius 2 is 2.27 bits per heavy atom. The fourth-order valence-corrected chi connectivity index (χ4v) is 3.15. The van der Waals surface area contributed by atoms with E-state index in [9.17, 15) is 4.79 Å². The maximum Gasteiger partial charge on any atom is 0.316 e. The van der Waals surface area contributed by atoms with Gasteiger partial charge in [0, 0.05) is 24.3 Å². The van der Waals surface area contributed by atoms with Crippen LogP contribution in [0.4, 0.5) is 0 Å². The van der Waals surface area contributed by atoms with Crippen LogP contribution in [0.2, 0.25) is 0 Å². The van der Waals surface area contributed by atoms with Crippen LogP contribution in [0.15, 0.2) is 29.2 Å². The number of carbonyl (C=O) groups is 1. The van der Waals surface area contributed by atoms with E-state index in [2.05, 4.69) is 16.9 Å². The number of hydrogen-bond donors (Lipinski definition) is 0. The Bertz CT molecular complexity index is 613. The number of carbonyl (C=O) groups excluding carboxylic acids is 1. The highest BCUT2D eigenvalue weighted by atomic mass is 32.1. The van der Waals surface area contributed by atoms with Gasteiger partial charge in [-0.25, -0.2) is 9.97 Å². The van der Waals surface area contributed by atoms with Gasteiger partial charge in [0.2, 0.25) is 0 Å². The predicted octanol–water partition coefficient (Wildman–Crippen LogP) is 2.78. The van der Waals surface area contributed by atoms with Gasteiger partial charge in [-0.05, 0) is 36.3 Å². The summed E-state index contributed by atoms with van der Waals surface area (Å²) in [5.74, 6) is 0.0804. The van der Waals surface area contributed by atoms with Crippen molar-refractivity contribution in [3.05, 3.63) is 40.3 Å². The highest BCUT2D eigenvalue weighted by molar-refractivity contribution is 7.08. The number of aromatic nitrogens is 2. The van der Waals surface area contributed by atoms with Crippen LogP contribution in [0.1, 0.15) is 35.7 Å². The SMILES string of the molecule is CCc1cnc(OC2CCCN(C(=O)c3ccsc3)C2)nc1. The third kappa shape index (κ3) is 3.44. The molecule has 1 saturated heterocycles. The van der Waals surface area contributed by atoms with Crippen LogP contribution in [-0.2, 0) is 6.42 Å². The molecule has 1 unspecified atom stereocenters. The van der Waals surface area contributed by atoms with Gasteiger partial charge in [0.05, 0.1) is 12.1 Å². The maximum absolute atomic E-state index is 12.4. The lowest BCUT2D eigenvalue weighted by molar-refractivity contribution is 0.0516. The molecular formula is C16H19N3O2S. The van der Waals surface area contributed by atoms with Gasteiger partial charge in [-0.2, -0.15) is 11.3 Å². The molecule has 116 valence electrons. The number of hydrogen-bond acceptors (Lipinski definition) is 5. The third-order valence-corrected chi connectivity index (χ3v) is 4.48. The van der Waals surface area contributed by atoms with E-state index in [1.54, 1.807) is 23.7 Å². The number of thiophene rings is 1. The molecule has 2 aromatic rings. The summed E-state index contributed by atoms with van der Waals surface area (Å²) in [5.41, 5.74) is 1.85. The average Bonchev–Trinajstić information content (AvgIpc) is 3.09. The number of ether oxygens (including phenoxy) is 1. The quantitative estimate of drug-likeness (QED) is 0.870. The number of amides is 1. The number of aryl methyl sites for hydroxylation is 1. The monoisotopic (exact) mass is 317 g/mol. The van der Waals surface area contributed by atoms with Crippen molar-refractivity contribution in [3.63, 3.8) is 0 Å². The highest BCUT2D eigenvalue weighted by Gasteiger charge is 2.26. The molecule has 6 heteroatoms. The molecule has 0 radical (unpaired) electrons. The van der Waals surface area contributed by atoms with Gasteiger partial charge in [0.15, 0.2) is 0 Å². The largest absolute Gasteiger partial charge is 0.458 e. The van der Waals surface area contributed by atoms with E-state index in [-0.39, 0.29) is 12.0 Å². The van der Waals surface area contributed by atoms with Crippen LogP contribution in [0.3, 0.4) is 0 Å². The van der Waals surface area contributed by atoms with E-state index in [1.807, 2.05) is 21.7 Å². The molecule has 3 rings (SSSR count). The van der Waals surface area contributed by atoms with Crippen molar-refractivity contribution in [1.29, 1.82) is 0 Å². The summed E-state index contributed by atoms with van der Waals surface area (Å²) >= 11 is 1.54. The van der Waals surface area contributed by atoms with Gasteiger partial charge < -0.3 is 9.64 Å². The summed E-state index contributed by atoms with van der Waals surface area (Å²) in [7, 11) is 0. The smallest absolute Gasteiger partial charge is 0.316 e. The minimum absolute atomic E-state index is 0.0381. The minimum atomic E-state index is -0.0381. The molecule has 1 amide bonds. The van der Waals surface area contributed by atoms with E-state index >= 15 is 0 Å². The van der Waals surface area contributed by atoms with Gasteiger partial charge in [-0.15, -0.1) is 0 Å². The fraction of sp³-hybridized carbons (Fsp3) is 0.438. The second kappa shape index (κ2) is 6.87. The number of piperidine rings is 1. The molecule has 0 saturated carbocycles. The van der Waals surface area contributed by atoms with Crippen LogP contribution >= 0.6 is 11.3 Å². The maximum atomic E-state index is 12.4. The fourth-order valence-electron chi connectivity index (χ4n) is 2.52. The Morgan fingerprint density at radius 1 is 1.45 bits per heavy atom. The Hall–Kier alpha value is -1.95. The molecule has 1 fully saturated rings. The van der Waals surface area contributed by atoms with Crippen molar-refractivity contribution in [2.75, 3.05) is 13.1 Å². The molecule has 5 nitrogen and oxygen atoms in total. The molecule has 0 N–H and O–H groups in total. The van der Waals surface area contributed by atoms with Crippen molar-refractivity contribution in [1.82, 2.24) is 14.9 Å². The van der Waals surface area contributed by atoms with Crippen LogP contribution < -0.4 is 4.74 Å². The minimum Gasteiger partial charge on any atom is -0.458 e. The number of rotatable bonds is 4. The highest BCUT2D eigenvalue weighted by Crippen LogP contribution is 2.18. The lowest BCUT2D eigenvalue weighted by Gasteiger charge is -2.32. The molecule has 0 bridgehead atoms. The second-order valence-electron chi connectivity index (χ2n) is 5.37. The third-order valence-electron chi connectivity index (χ3n) is 3.80. The van der Waals surface area contributed by atoms with Crippen LogP contribution in [0, 0.1) is 0 Å².